The molecule has 0 amide bonds. The van der Waals surface area contributed by atoms with E-state index in [0.29, 0.717) is 11.7 Å². The van der Waals surface area contributed by atoms with E-state index in [1.807, 2.05) is 6.07 Å². The summed E-state index contributed by atoms with van der Waals surface area (Å²) in [7, 11) is 1.50. The second-order valence-corrected chi connectivity index (χ2v) is 5.55. The van der Waals surface area contributed by atoms with Crippen LogP contribution in [-0.4, -0.2) is 33.4 Å². The molecule has 1 atom stereocenters. The molecule has 0 aromatic heterocycles. The van der Waals surface area contributed by atoms with Crippen molar-refractivity contribution in [3.8, 4) is 5.75 Å². The summed E-state index contributed by atoms with van der Waals surface area (Å²) in [5.41, 5.74) is 1.31. The van der Waals surface area contributed by atoms with E-state index in [9.17, 15) is 4.39 Å². The number of halogens is 1. The summed E-state index contributed by atoms with van der Waals surface area (Å²) in [6.45, 7) is 3.56. The lowest BCUT2D eigenvalue weighted by atomic mass is 9.69. The molecule has 2 fully saturated rings. The molecule has 2 aliphatic rings. The molecule has 1 unspecified atom stereocenters. The number of hydrogen-bond acceptors (Lipinski definition) is 3. The van der Waals surface area contributed by atoms with Crippen LogP contribution >= 0.6 is 0 Å². The maximum Gasteiger partial charge on any atom is 0.165 e. The largest absolute Gasteiger partial charge is 0.494 e. The first-order chi connectivity index (χ1) is 9.25. The van der Waals surface area contributed by atoms with Gasteiger partial charge in [0.2, 0.25) is 0 Å². The van der Waals surface area contributed by atoms with Crippen LogP contribution in [-0.2, 0) is 4.74 Å². The van der Waals surface area contributed by atoms with Crippen LogP contribution in [0.2, 0.25) is 0 Å². The first-order valence-electron chi connectivity index (χ1n) is 6.87. The molecule has 0 saturated carbocycles. The number of nitrogens with one attached hydrogen (secondary N) is 1. The molecule has 0 radical (unpaired) electrons. The Morgan fingerprint density at radius 2 is 2.16 bits per heavy atom. The quantitative estimate of drug-likeness (QED) is 0.890. The highest BCUT2D eigenvalue weighted by atomic mass is 19.1. The summed E-state index contributed by atoms with van der Waals surface area (Å²) in [5, 5.41) is 3.47. The third kappa shape index (κ3) is 2.23. The number of rotatable bonds is 2. The Morgan fingerprint density at radius 3 is 2.84 bits per heavy atom. The Hall–Kier alpha value is -1.13. The van der Waals surface area contributed by atoms with Crippen molar-refractivity contribution >= 4 is 0 Å². The van der Waals surface area contributed by atoms with Gasteiger partial charge >= 0.3 is 0 Å². The van der Waals surface area contributed by atoms with E-state index < -0.39 is 0 Å². The van der Waals surface area contributed by atoms with Gasteiger partial charge in [-0.25, -0.2) is 4.39 Å². The lowest BCUT2D eigenvalue weighted by Crippen LogP contribution is -2.35. The first-order valence-corrected chi connectivity index (χ1v) is 6.87. The third-order valence-corrected chi connectivity index (χ3v) is 4.63. The van der Waals surface area contributed by atoms with Gasteiger partial charge < -0.3 is 14.8 Å². The Bertz CT molecular complexity index is 457. The maximum absolute atomic E-state index is 13.9. The molecule has 3 rings (SSSR count). The van der Waals surface area contributed by atoms with E-state index in [0.717, 1.165) is 44.7 Å². The van der Waals surface area contributed by atoms with E-state index >= 15 is 0 Å². The van der Waals surface area contributed by atoms with Crippen LogP contribution in [0.4, 0.5) is 4.39 Å². The molecule has 4 heteroatoms. The Morgan fingerprint density at radius 1 is 1.37 bits per heavy atom. The Labute approximate surface area is 113 Å². The van der Waals surface area contributed by atoms with Crippen LogP contribution < -0.4 is 10.1 Å². The van der Waals surface area contributed by atoms with Crippen LogP contribution in [0.3, 0.4) is 0 Å². The topological polar surface area (TPSA) is 30.5 Å². The molecule has 1 aromatic carbocycles. The SMILES string of the molecule is COc1ccc(C2CNCC23CCOCC3)cc1F. The summed E-state index contributed by atoms with van der Waals surface area (Å²) in [5.74, 6) is 0.418. The van der Waals surface area contributed by atoms with Gasteiger partial charge in [0.15, 0.2) is 11.6 Å². The number of benzene rings is 1. The summed E-state index contributed by atoms with van der Waals surface area (Å²) in [6.07, 6.45) is 2.11. The monoisotopic (exact) mass is 265 g/mol. The van der Waals surface area contributed by atoms with Crippen molar-refractivity contribution in [2.75, 3.05) is 33.4 Å². The summed E-state index contributed by atoms with van der Waals surface area (Å²) in [6, 6.07) is 5.36. The van der Waals surface area contributed by atoms with E-state index in [1.165, 1.54) is 7.11 Å². The van der Waals surface area contributed by atoms with Crippen molar-refractivity contribution in [2.24, 2.45) is 5.41 Å². The fourth-order valence-corrected chi connectivity index (χ4v) is 3.48. The molecule has 1 spiro atoms. The molecule has 0 aliphatic carbocycles. The van der Waals surface area contributed by atoms with Crippen LogP contribution in [0.25, 0.3) is 0 Å². The molecular weight excluding hydrogens is 245 g/mol. The molecule has 1 aromatic rings. The molecule has 3 nitrogen and oxygen atoms in total. The van der Waals surface area contributed by atoms with Crippen molar-refractivity contribution in [3.05, 3.63) is 29.6 Å². The molecular formula is C15H20FNO2. The minimum Gasteiger partial charge on any atom is -0.494 e. The zero-order valence-corrected chi connectivity index (χ0v) is 11.2. The molecule has 104 valence electrons. The van der Waals surface area contributed by atoms with Gasteiger partial charge in [0, 0.05) is 32.2 Å². The summed E-state index contributed by atoms with van der Waals surface area (Å²) < 4.78 is 24.4. The number of hydrogen-bond donors (Lipinski definition) is 1. The minimum atomic E-state index is -0.269. The second kappa shape index (κ2) is 5.10. The predicted molar refractivity (Wildman–Crippen MR) is 71.0 cm³/mol. The summed E-state index contributed by atoms with van der Waals surface area (Å²) in [4.78, 5) is 0. The molecule has 1 N–H and O–H groups in total. The van der Waals surface area contributed by atoms with E-state index in [1.54, 1.807) is 12.1 Å². The highest BCUT2D eigenvalue weighted by Gasteiger charge is 2.44. The van der Waals surface area contributed by atoms with Gasteiger partial charge in [0.25, 0.3) is 0 Å². The van der Waals surface area contributed by atoms with Crippen molar-refractivity contribution in [3.63, 3.8) is 0 Å². The van der Waals surface area contributed by atoms with Gasteiger partial charge in [0.05, 0.1) is 7.11 Å². The predicted octanol–water partition coefficient (Wildman–Crippen LogP) is 2.32. The number of ether oxygens (including phenoxy) is 2. The molecule has 0 bridgehead atoms. The molecule has 2 saturated heterocycles. The van der Waals surface area contributed by atoms with E-state index in [4.69, 9.17) is 9.47 Å². The van der Waals surface area contributed by atoms with Crippen molar-refractivity contribution < 1.29 is 13.9 Å². The fraction of sp³-hybridized carbons (Fsp3) is 0.600. The zero-order chi connectivity index (χ0) is 13.3. The Balaban J connectivity index is 1.90. The maximum atomic E-state index is 13.9. The lowest BCUT2D eigenvalue weighted by Gasteiger charge is -2.38. The van der Waals surface area contributed by atoms with E-state index in [2.05, 4.69) is 5.32 Å². The molecule has 19 heavy (non-hydrogen) atoms. The lowest BCUT2D eigenvalue weighted by molar-refractivity contribution is 0.0164. The van der Waals surface area contributed by atoms with Crippen molar-refractivity contribution in [1.82, 2.24) is 5.32 Å². The molecule has 2 aliphatic heterocycles. The molecule has 2 heterocycles. The van der Waals surface area contributed by atoms with Crippen molar-refractivity contribution in [1.29, 1.82) is 0 Å². The fourth-order valence-electron chi connectivity index (χ4n) is 3.48. The summed E-state index contributed by atoms with van der Waals surface area (Å²) >= 11 is 0. The van der Waals surface area contributed by atoms with Gasteiger partial charge in [-0.3, -0.25) is 0 Å². The number of methoxy groups -OCH3 is 1. The smallest absolute Gasteiger partial charge is 0.165 e. The average molecular weight is 265 g/mol. The van der Waals surface area contributed by atoms with Crippen LogP contribution in [0.15, 0.2) is 18.2 Å². The van der Waals surface area contributed by atoms with Gasteiger partial charge in [0.1, 0.15) is 0 Å². The van der Waals surface area contributed by atoms with Gasteiger partial charge in [-0.05, 0) is 36.0 Å². The first kappa shape index (κ1) is 12.9. The normalized spacial score (nSPS) is 25.7. The van der Waals surface area contributed by atoms with Crippen LogP contribution in [0.1, 0.15) is 24.3 Å². The van der Waals surface area contributed by atoms with Crippen LogP contribution in [0, 0.1) is 11.2 Å². The van der Waals surface area contributed by atoms with E-state index in [-0.39, 0.29) is 11.2 Å². The van der Waals surface area contributed by atoms with Crippen molar-refractivity contribution in [2.45, 2.75) is 18.8 Å². The highest BCUT2D eigenvalue weighted by molar-refractivity contribution is 5.33. The minimum absolute atomic E-state index is 0.235. The van der Waals surface area contributed by atoms with Gasteiger partial charge in [-0.1, -0.05) is 6.07 Å². The second-order valence-electron chi connectivity index (χ2n) is 5.55. The Kier molecular flexibility index (Phi) is 3.46. The zero-order valence-electron chi connectivity index (χ0n) is 11.2. The highest BCUT2D eigenvalue weighted by Crippen LogP contribution is 2.46. The van der Waals surface area contributed by atoms with Gasteiger partial charge in [-0.15, -0.1) is 0 Å². The standard InChI is InChI=1S/C15H20FNO2/c1-18-14-3-2-11(8-13(14)16)12-9-17-10-15(12)4-6-19-7-5-15/h2-3,8,12,17H,4-7,9-10H2,1H3. The van der Waals surface area contributed by atoms with Crippen LogP contribution in [0.5, 0.6) is 5.75 Å². The average Bonchev–Trinajstić information content (AvgIpc) is 2.82. The van der Waals surface area contributed by atoms with Gasteiger partial charge in [-0.2, -0.15) is 0 Å². The third-order valence-electron chi connectivity index (χ3n) is 4.63.